The lowest BCUT2D eigenvalue weighted by Crippen LogP contribution is -2.39. The summed E-state index contributed by atoms with van der Waals surface area (Å²) < 4.78 is 6.23. The van der Waals surface area contributed by atoms with Gasteiger partial charge in [0.25, 0.3) is 0 Å². The number of hydrogen-bond acceptors (Lipinski definition) is 4. The first-order chi connectivity index (χ1) is 8.99. The average molecular weight is 278 g/mol. The zero-order chi connectivity index (χ0) is 14.0. The second kappa shape index (κ2) is 5.65. The third-order valence-corrected chi connectivity index (χ3v) is 4.38. The quantitative estimate of drug-likeness (QED) is 0.634. The van der Waals surface area contributed by atoms with Crippen molar-refractivity contribution >= 4 is 11.8 Å². The van der Waals surface area contributed by atoms with Crippen LogP contribution in [0.4, 0.5) is 0 Å². The van der Waals surface area contributed by atoms with Gasteiger partial charge in [-0.15, -0.1) is 11.8 Å². The van der Waals surface area contributed by atoms with E-state index in [0.29, 0.717) is 12.2 Å². The Hall–Kier alpha value is -1.49. The molecule has 2 aromatic rings. The van der Waals surface area contributed by atoms with Gasteiger partial charge in [0.05, 0.1) is 11.0 Å². The van der Waals surface area contributed by atoms with Crippen molar-refractivity contribution in [1.82, 2.24) is 5.27 Å². The molecule has 1 heterocycles. The van der Waals surface area contributed by atoms with Crippen molar-refractivity contribution in [3.63, 3.8) is 0 Å². The molecular formula is C14H18N2O2S. The van der Waals surface area contributed by atoms with E-state index in [9.17, 15) is 5.11 Å². The molecule has 19 heavy (non-hydrogen) atoms. The van der Waals surface area contributed by atoms with Gasteiger partial charge in [0.15, 0.2) is 12.5 Å². The number of nitrogens with zero attached hydrogens (tertiary/aromatic N) is 2. The van der Waals surface area contributed by atoms with Crippen LogP contribution in [0.15, 0.2) is 21.6 Å². The Labute approximate surface area is 117 Å². The van der Waals surface area contributed by atoms with E-state index < -0.39 is 0 Å². The summed E-state index contributed by atoms with van der Waals surface area (Å²) in [5.41, 5.74) is 4.44. The van der Waals surface area contributed by atoms with Gasteiger partial charge in [-0.2, -0.15) is 0 Å². The van der Waals surface area contributed by atoms with E-state index in [1.807, 2.05) is 0 Å². The molecule has 102 valence electrons. The highest BCUT2D eigenvalue weighted by atomic mass is 32.2. The molecule has 0 unspecified atom stereocenters. The van der Waals surface area contributed by atoms with Gasteiger partial charge in [-0.3, -0.25) is 0 Å². The van der Waals surface area contributed by atoms with Crippen molar-refractivity contribution in [2.45, 2.75) is 39.1 Å². The summed E-state index contributed by atoms with van der Waals surface area (Å²) in [6.07, 6.45) is 0. The smallest absolute Gasteiger partial charge is 0.230 e. The fraction of sp³-hybridized carbons (Fsp3) is 0.429. The van der Waals surface area contributed by atoms with Crippen molar-refractivity contribution in [2.75, 3.05) is 5.75 Å². The van der Waals surface area contributed by atoms with E-state index in [2.05, 4.69) is 42.7 Å². The highest BCUT2D eigenvalue weighted by molar-refractivity contribution is 7.99. The first kappa shape index (κ1) is 13.9. The highest BCUT2D eigenvalue weighted by Gasteiger charge is 2.12. The minimum atomic E-state index is -0.354. The molecule has 0 aliphatic rings. The third-order valence-electron chi connectivity index (χ3n) is 3.06. The maximum atomic E-state index is 11.2. The zero-order valence-corrected chi connectivity index (χ0v) is 12.5. The number of benzene rings is 1. The molecule has 0 saturated heterocycles. The maximum Gasteiger partial charge on any atom is 0.230 e. The molecule has 0 aliphatic heterocycles. The second-order valence-corrected chi connectivity index (χ2v) is 5.85. The van der Waals surface area contributed by atoms with Crippen LogP contribution in [0.25, 0.3) is 0 Å². The van der Waals surface area contributed by atoms with Crippen molar-refractivity contribution in [1.29, 1.82) is 0 Å². The molecule has 0 atom stereocenters. The van der Waals surface area contributed by atoms with E-state index in [4.69, 9.17) is 0 Å². The number of aromatic nitrogens is 2. The maximum absolute atomic E-state index is 11.2. The van der Waals surface area contributed by atoms with Crippen molar-refractivity contribution in [3.8, 4) is 5.95 Å². The largest absolute Gasteiger partial charge is 0.539 e. The van der Waals surface area contributed by atoms with Crippen LogP contribution in [0.2, 0.25) is 0 Å². The van der Waals surface area contributed by atoms with E-state index in [1.54, 1.807) is 23.4 Å². The molecule has 0 aliphatic carbocycles. The van der Waals surface area contributed by atoms with Gasteiger partial charge in [0.1, 0.15) is 0 Å². The topological polar surface area (TPSA) is 53.0 Å². The molecule has 0 fully saturated rings. The van der Waals surface area contributed by atoms with E-state index in [-0.39, 0.29) is 5.95 Å². The number of aryl methyl sites for hydroxylation is 4. The van der Waals surface area contributed by atoms with Crippen LogP contribution in [0, 0.1) is 27.7 Å². The molecule has 0 saturated carbocycles. The summed E-state index contributed by atoms with van der Waals surface area (Å²) in [4.78, 5) is 1.31. The van der Waals surface area contributed by atoms with E-state index >= 15 is 0 Å². The molecule has 5 heteroatoms. The monoisotopic (exact) mass is 278 g/mol. The lowest BCUT2D eigenvalue weighted by molar-refractivity contribution is -0.763. The molecule has 4 nitrogen and oxygen atoms in total. The summed E-state index contributed by atoms with van der Waals surface area (Å²) in [7, 11) is 0. The van der Waals surface area contributed by atoms with Gasteiger partial charge >= 0.3 is 0 Å². The zero-order valence-electron chi connectivity index (χ0n) is 11.7. The van der Waals surface area contributed by atoms with Gasteiger partial charge in [0.2, 0.25) is 5.69 Å². The average Bonchev–Trinajstić information content (AvgIpc) is 2.64. The van der Waals surface area contributed by atoms with Crippen LogP contribution in [0.3, 0.4) is 0 Å². The molecule has 0 amide bonds. The summed E-state index contributed by atoms with van der Waals surface area (Å²) in [5, 5.41) is 14.9. The number of rotatable bonds is 4. The molecule has 0 spiro atoms. The van der Waals surface area contributed by atoms with Crippen LogP contribution in [-0.4, -0.2) is 11.0 Å². The number of thioether (sulfide) groups is 1. The first-order valence-electron chi connectivity index (χ1n) is 6.23. The summed E-state index contributed by atoms with van der Waals surface area (Å²) in [5.74, 6) is 0.509. The Morgan fingerprint density at radius 2 is 1.84 bits per heavy atom. The summed E-state index contributed by atoms with van der Waals surface area (Å²) in [6, 6.07) is 4.39. The fourth-order valence-corrected chi connectivity index (χ4v) is 3.20. The van der Waals surface area contributed by atoms with Gasteiger partial charge in [-0.1, -0.05) is 22.4 Å². The van der Waals surface area contributed by atoms with Crippen LogP contribution in [-0.2, 0) is 6.54 Å². The molecule has 0 bridgehead atoms. The SMILES string of the molecule is Cc1cc(C)c(SCC[n+]2noc([O-])c2C)c(C)c1. The molecule has 1 aromatic heterocycles. The highest BCUT2D eigenvalue weighted by Crippen LogP contribution is 2.27. The van der Waals surface area contributed by atoms with E-state index in [0.717, 1.165) is 5.75 Å². The third kappa shape index (κ3) is 3.10. The first-order valence-corrected chi connectivity index (χ1v) is 7.21. The van der Waals surface area contributed by atoms with Crippen LogP contribution < -0.4 is 9.79 Å². The minimum absolute atomic E-state index is 0.354. The minimum Gasteiger partial charge on any atom is -0.539 e. The normalized spacial score (nSPS) is 10.9. The number of hydrogen-bond donors (Lipinski definition) is 0. The van der Waals surface area contributed by atoms with Crippen molar-refractivity contribution in [2.24, 2.45) is 0 Å². The fourth-order valence-electron chi connectivity index (χ4n) is 2.16. The molecule has 2 rings (SSSR count). The molecule has 1 aromatic carbocycles. The van der Waals surface area contributed by atoms with Gasteiger partial charge in [-0.05, 0) is 31.9 Å². The van der Waals surface area contributed by atoms with Gasteiger partial charge in [0, 0.05) is 11.8 Å². The molecule has 0 N–H and O–H groups in total. The second-order valence-electron chi connectivity index (χ2n) is 4.75. The standard InChI is InChI=1S/C14H18N2O2S/c1-9-7-10(2)13(11(3)8-9)19-6-5-16-12(4)14(17)18-15-16/h7-8H,5-6H2,1-4H3. The van der Waals surface area contributed by atoms with Crippen molar-refractivity contribution in [3.05, 3.63) is 34.5 Å². The van der Waals surface area contributed by atoms with E-state index in [1.165, 1.54) is 21.6 Å². The Bertz CT molecular complexity index is 570. The Kier molecular flexibility index (Phi) is 4.14. The van der Waals surface area contributed by atoms with Crippen LogP contribution >= 0.6 is 11.8 Å². The van der Waals surface area contributed by atoms with Gasteiger partial charge in [-0.25, -0.2) is 0 Å². The van der Waals surface area contributed by atoms with Gasteiger partial charge < -0.3 is 9.63 Å². The van der Waals surface area contributed by atoms with Crippen LogP contribution in [0.1, 0.15) is 22.4 Å². The summed E-state index contributed by atoms with van der Waals surface area (Å²) in [6.45, 7) is 8.78. The Balaban J connectivity index is 2.02. The predicted molar refractivity (Wildman–Crippen MR) is 72.3 cm³/mol. The lowest BCUT2D eigenvalue weighted by Gasteiger charge is -2.09. The van der Waals surface area contributed by atoms with Crippen LogP contribution in [0.5, 0.6) is 5.95 Å². The Morgan fingerprint density at radius 3 is 2.37 bits per heavy atom. The molecular weight excluding hydrogens is 260 g/mol. The molecule has 0 radical (unpaired) electrons. The Morgan fingerprint density at radius 1 is 1.21 bits per heavy atom. The predicted octanol–water partition coefficient (Wildman–Crippen LogP) is 2.06. The van der Waals surface area contributed by atoms with Crippen molar-refractivity contribution < 1.29 is 14.3 Å². The summed E-state index contributed by atoms with van der Waals surface area (Å²) >= 11 is 1.79. The lowest BCUT2D eigenvalue weighted by atomic mass is 10.1.